The van der Waals surface area contributed by atoms with Crippen LogP contribution in [-0.2, 0) is 23.1 Å². The fraction of sp³-hybridized carbons (Fsp3) is 0.706. The lowest BCUT2D eigenvalue weighted by molar-refractivity contribution is -0.704. The lowest BCUT2D eigenvalue weighted by atomic mass is 10.1. The lowest BCUT2D eigenvalue weighted by Crippen LogP contribution is -2.37. The van der Waals surface area contributed by atoms with Gasteiger partial charge in [0.05, 0.1) is 0 Å². The van der Waals surface area contributed by atoms with Gasteiger partial charge >= 0.3 is 5.51 Å². The number of hydrogen-bond acceptors (Lipinski definition) is 3. The van der Waals surface area contributed by atoms with E-state index in [1.54, 1.807) is 0 Å². The topological polar surface area (TPSA) is 61.1 Å². The van der Waals surface area contributed by atoms with Gasteiger partial charge in [0.15, 0.2) is 22.0 Å². The van der Waals surface area contributed by atoms with Gasteiger partial charge < -0.3 is 4.55 Å². The van der Waals surface area contributed by atoms with Gasteiger partial charge in [0.25, 0.3) is 0 Å². The minimum atomic E-state index is -6.09. The molecule has 0 spiro atoms. The predicted molar refractivity (Wildman–Crippen MR) is 89.8 cm³/mol. The molecule has 0 unspecified atom stereocenters. The van der Waals surface area contributed by atoms with Gasteiger partial charge in [-0.05, 0) is 6.42 Å². The molecule has 0 saturated heterocycles. The molecule has 0 aliphatic carbocycles. The fourth-order valence-corrected chi connectivity index (χ4v) is 2.29. The molecule has 0 atom stereocenters. The molecule has 1 rings (SSSR count). The number of aromatic nitrogens is 1. The molecule has 25 heavy (non-hydrogen) atoms. The normalized spacial score (nSPS) is 11.8. The van der Waals surface area contributed by atoms with Gasteiger partial charge in [0.2, 0.25) is 0 Å². The molecule has 0 saturated carbocycles. The summed E-state index contributed by atoms with van der Waals surface area (Å²) in [6.07, 6.45) is 13.1. The van der Waals surface area contributed by atoms with Crippen molar-refractivity contribution in [1.29, 1.82) is 0 Å². The standard InChI is InChI=1S/C16H28N.CHF3O3S/c1-3-5-6-7-8-9-11-14-17-15-12-10-13-16(17)4-2;2-1(3,4)8(5,6)7/h10,12-13,15H,3-9,11,14H2,1-2H3;(H,5,6,7)/q+1;/p-1. The molecule has 8 heteroatoms. The fourth-order valence-electron chi connectivity index (χ4n) is 2.29. The second-order valence-electron chi connectivity index (χ2n) is 5.76. The molecule has 1 heterocycles. The molecule has 0 aliphatic heterocycles. The molecule has 0 aromatic carbocycles. The third-order valence-electron chi connectivity index (χ3n) is 3.68. The van der Waals surface area contributed by atoms with Crippen molar-refractivity contribution in [3.05, 3.63) is 30.1 Å². The highest BCUT2D eigenvalue weighted by Crippen LogP contribution is 2.20. The highest BCUT2D eigenvalue weighted by molar-refractivity contribution is 7.86. The minimum Gasteiger partial charge on any atom is -0.741 e. The third-order valence-corrected chi connectivity index (χ3v) is 4.25. The first-order valence-electron chi connectivity index (χ1n) is 8.63. The zero-order valence-electron chi connectivity index (χ0n) is 14.9. The van der Waals surface area contributed by atoms with Crippen LogP contribution in [0.5, 0.6) is 0 Å². The summed E-state index contributed by atoms with van der Waals surface area (Å²) in [5, 5.41) is 0. The second kappa shape index (κ2) is 12.2. The average Bonchev–Trinajstić information content (AvgIpc) is 2.53. The molecule has 0 bridgehead atoms. The molecule has 0 amide bonds. The van der Waals surface area contributed by atoms with E-state index in [-0.39, 0.29) is 0 Å². The van der Waals surface area contributed by atoms with Crippen LogP contribution in [0.2, 0.25) is 0 Å². The Balaban J connectivity index is 0.000000609. The smallest absolute Gasteiger partial charge is 0.485 e. The lowest BCUT2D eigenvalue weighted by Gasteiger charge is -2.08. The van der Waals surface area contributed by atoms with Crippen molar-refractivity contribution in [3.63, 3.8) is 0 Å². The van der Waals surface area contributed by atoms with Crippen molar-refractivity contribution < 1.29 is 30.7 Å². The molecule has 0 N–H and O–H groups in total. The van der Waals surface area contributed by atoms with E-state index < -0.39 is 15.6 Å². The van der Waals surface area contributed by atoms with E-state index in [0.29, 0.717) is 0 Å². The van der Waals surface area contributed by atoms with Crippen LogP contribution in [0.25, 0.3) is 0 Å². The number of hydrogen-bond donors (Lipinski definition) is 0. The molecule has 1 aromatic heterocycles. The van der Waals surface area contributed by atoms with Crippen molar-refractivity contribution in [2.45, 2.75) is 77.3 Å². The summed E-state index contributed by atoms with van der Waals surface area (Å²) in [7, 11) is -6.09. The van der Waals surface area contributed by atoms with E-state index in [2.05, 4.69) is 42.8 Å². The number of pyridine rings is 1. The minimum absolute atomic E-state index is 1.14. The van der Waals surface area contributed by atoms with Gasteiger partial charge in [0, 0.05) is 25.0 Å². The predicted octanol–water partition coefficient (Wildman–Crippen LogP) is 4.34. The summed E-state index contributed by atoms with van der Waals surface area (Å²) in [5.41, 5.74) is -4.19. The molecule has 146 valence electrons. The maximum atomic E-state index is 10.7. The van der Waals surface area contributed by atoms with Crippen molar-refractivity contribution in [3.8, 4) is 0 Å². The third kappa shape index (κ3) is 11.1. The Bertz CT molecular complexity index is 575. The Kier molecular flexibility index (Phi) is 11.7. The monoisotopic (exact) mass is 383 g/mol. The maximum absolute atomic E-state index is 10.7. The molecule has 1 aromatic rings. The van der Waals surface area contributed by atoms with E-state index in [1.165, 1.54) is 57.2 Å². The maximum Gasteiger partial charge on any atom is 0.485 e. The zero-order chi connectivity index (χ0) is 19.3. The summed E-state index contributed by atoms with van der Waals surface area (Å²) in [6, 6.07) is 6.52. The zero-order valence-corrected chi connectivity index (χ0v) is 15.7. The van der Waals surface area contributed by atoms with E-state index in [9.17, 15) is 13.2 Å². The van der Waals surface area contributed by atoms with Crippen LogP contribution in [0.4, 0.5) is 13.2 Å². The van der Waals surface area contributed by atoms with E-state index >= 15 is 0 Å². The molecular weight excluding hydrogens is 355 g/mol. The Morgan fingerprint density at radius 1 is 1.00 bits per heavy atom. The van der Waals surface area contributed by atoms with E-state index in [0.717, 1.165) is 6.42 Å². The Morgan fingerprint density at radius 3 is 2.00 bits per heavy atom. The average molecular weight is 383 g/mol. The van der Waals surface area contributed by atoms with Crippen LogP contribution in [0.3, 0.4) is 0 Å². The van der Waals surface area contributed by atoms with Crippen LogP contribution >= 0.6 is 0 Å². The second-order valence-corrected chi connectivity index (χ2v) is 7.13. The number of nitrogens with zero attached hydrogens (tertiary/aromatic N) is 1. The van der Waals surface area contributed by atoms with Crippen molar-refractivity contribution in [1.82, 2.24) is 0 Å². The molecule has 0 fully saturated rings. The van der Waals surface area contributed by atoms with Crippen molar-refractivity contribution in [2.24, 2.45) is 0 Å². The van der Waals surface area contributed by atoms with Crippen molar-refractivity contribution in [2.75, 3.05) is 0 Å². The van der Waals surface area contributed by atoms with Crippen molar-refractivity contribution >= 4 is 10.1 Å². The Labute approximate surface area is 148 Å². The summed E-state index contributed by atoms with van der Waals surface area (Å²) in [4.78, 5) is 0. The quantitative estimate of drug-likeness (QED) is 0.276. The Hall–Kier alpha value is -1.15. The highest BCUT2D eigenvalue weighted by atomic mass is 32.2. The van der Waals surface area contributed by atoms with Gasteiger partial charge in [-0.15, -0.1) is 0 Å². The van der Waals surface area contributed by atoms with Crippen LogP contribution in [0.15, 0.2) is 24.4 Å². The first-order chi connectivity index (χ1) is 11.6. The highest BCUT2D eigenvalue weighted by Gasteiger charge is 2.36. The van der Waals surface area contributed by atoms with Crippen LogP contribution in [0.1, 0.15) is 64.5 Å². The molecule has 0 aliphatic rings. The van der Waals surface area contributed by atoms with Gasteiger partial charge in [-0.25, -0.2) is 13.0 Å². The molecule has 0 radical (unpaired) electrons. The van der Waals surface area contributed by atoms with E-state index in [1.807, 2.05) is 0 Å². The summed E-state index contributed by atoms with van der Waals surface area (Å²) in [5.74, 6) is 0. The molecule has 4 nitrogen and oxygen atoms in total. The van der Waals surface area contributed by atoms with Gasteiger partial charge in [-0.3, -0.25) is 0 Å². The SMILES string of the molecule is CCCCCCCCC[n+]1ccccc1CC.O=S(=O)([O-])C(F)(F)F. The summed E-state index contributed by atoms with van der Waals surface area (Å²) >= 11 is 0. The number of alkyl halides is 3. The largest absolute Gasteiger partial charge is 0.741 e. The Morgan fingerprint density at radius 2 is 1.52 bits per heavy atom. The summed E-state index contributed by atoms with van der Waals surface area (Å²) < 4.78 is 61.3. The van der Waals surface area contributed by atoms with Gasteiger partial charge in [-0.1, -0.05) is 52.0 Å². The number of unbranched alkanes of at least 4 members (excludes halogenated alkanes) is 6. The first kappa shape index (κ1) is 23.9. The van der Waals surface area contributed by atoms with Crippen LogP contribution in [0, 0.1) is 0 Å². The van der Waals surface area contributed by atoms with Gasteiger partial charge in [0.1, 0.15) is 6.54 Å². The number of halogens is 3. The number of rotatable bonds is 9. The first-order valence-corrected chi connectivity index (χ1v) is 10.0. The number of aryl methyl sites for hydroxylation is 2. The van der Waals surface area contributed by atoms with Gasteiger partial charge in [-0.2, -0.15) is 13.2 Å². The molecular formula is C17H28F3NO3S. The van der Waals surface area contributed by atoms with Crippen LogP contribution < -0.4 is 4.57 Å². The summed E-state index contributed by atoms with van der Waals surface area (Å²) in [6.45, 7) is 5.70. The van der Waals surface area contributed by atoms with E-state index in [4.69, 9.17) is 13.0 Å². The van der Waals surface area contributed by atoms with Crippen LogP contribution in [-0.4, -0.2) is 18.5 Å².